The average Bonchev–Trinajstić information content (AvgIpc) is 2.77. The summed E-state index contributed by atoms with van der Waals surface area (Å²) < 4.78 is 1.99. The minimum Gasteiger partial charge on any atom is -0.373 e. The molecule has 0 bridgehead atoms. The predicted molar refractivity (Wildman–Crippen MR) is 72.9 cm³/mol. The highest BCUT2D eigenvalue weighted by molar-refractivity contribution is 7.99. The zero-order valence-electron chi connectivity index (χ0n) is 10.8. The largest absolute Gasteiger partial charge is 0.373 e. The first-order valence-corrected chi connectivity index (χ1v) is 6.74. The van der Waals surface area contributed by atoms with Crippen molar-refractivity contribution in [1.29, 1.82) is 0 Å². The molecule has 6 heteroatoms. The lowest BCUT2D eigenvalue weighted by atomic mass is 10.2. The number of nitrogens with zero attached hydrogens (tertiary/aromatic N) is 4. The number of hydrogen-bond donors (Lipinski definition) is 1. The molecule has 0 atom stereocenters. The molecule has 5 nitrogen and oxygen atoms in total. The Morgan fingerprint density at radius 1 is 1.33 bits per heavy atom. The summed E-state index contributed by atoms with van der Waals surface area (Å²) in [5.74, 6) is 0.906. The first-order valence-electron chi connectivity index (χ1n) is 5.93. The van der Waals surface area contributed by atoms with Crippen LogP contribution in [0.3, 0.4) is 0 Å². The molecule has 0 radical (unpaired) electrons. The Labute approximate surface area is 111 Å². The first kappa shape index (κ1) is 12.9. The molecule has 2 heterocycles. The third-order valence-corrected chi connectivity index (χ3v) is 3.73. The maximum atomic E-state index is 4.38. The third-order valence-electron chi connectivity index (χ3n) is 2.61. The maximum Gasteiger partial charge on any atom is 0.174 e. The van der Waals surface area contributed by atoms with Gasteiger partial charge in [0, 0.05) is 32.1 Å². The van der Waals surface area contributed by atoms with E-state index in [0.717, 1.165) is 34.4 Å². The first-order chi connectivity index (χ1) is 8.76. The summed E-state index contributed by atoms with van der Waals surface area (Å²) in [6, 6.07) is 0. The number of aromatic nitrogens is 4. The molecule has 96 valence electrons. The average molecular weight is 263 g/mol. The van der Waals surface area contributed by atoms with Crippen molar-refractivity contribution in [2.24, 2.45) is 7.05 Å². The van der Waals surface area contributed by atoms with Crippen LogP contribution >= 0.6 is 11.8 Å². The monoisotopic (exact) mass is 263 g/mol. The highest BCUT2D eigenvalue weighted by Gasteiger charge is 2.12. The van der Waals surface area contributed by atoms with Gasteiger partial charge in [0.2, 0.25) is 0 Å². The molecule has 0 aliphatic heterocycles. The maximum absolute atomic E-state index is 4.38. The Hall–Kier alpha value is -1.56. The molecule has 2 rings (SSSR count). The van der Waals surface area contributed by atoms with Crippen LogP contribution in [0.1, 0.15) is 18.9 Å². The van der Waals surface area contributed by atoms with Gasteiger partial charge in [0.1, 0.15) is 17.2 Å². The normalized spacial score (nSPS) is 10.6. The lowest BCUT2D eigenvalue weighted by Gasteiger charge is -2.11. The van der Waals surface area contributed by atoms with Crippen molar-refractivity contribution in [3.63, 3.8) is 0 Å². The summed E-state index contributed by atoms with van der Waals surface area (Å²) >= 11 is 1.58. The Bertz CT molecular complexity index is 523. The fourth-order valence-corrected chi connectivity index (χ4v) is 2.62. The van der Waals surface area contributed by atoms with E-state index >= 15 is 0 Å². The second-order valence-corrected chi connectivity index (χ2v) is 4.88. The summed E-state index contributed by atoms with van der Waals surface area (Å²) in [6.45, 7) is 2.15. The predicted octanol–water partition coefficient (Wildman–Crippen LogP) is 2.36. The SMILES string of the molecule is CCCc1c(NC)ncnc1Sc1nccn1C. The number of rotatable bonds is 5. The molecule has 0 spiro atoms. The fraction of sp³-hybridized carbons (Fsp3) is 0.417. The van der Waals surface area contributed by atoms with Gasteiger partial charge in [-0.1, -0.05) is 13.3 Å². The second-order valence-electron chi connectivity index (χ2n) is 3.93. The number of hydrogen-bond acceptors (Lipinski definition) is 5. The van der Waals surface area contributed by atoms with Crippen LogP contribution in [0.15, 0.2) is 28.9 Å². The Kier molecular flexibility index (Phi) is 4.19. The van der Waals surface area contributed by atoms with Crippen molar-refractivity contribution in [3.05, 3.63) is 24.3 Å². The van der Waals surface area contributed by atoms with E-state index in [-0.39, 0.29) is 0 Å². The van der Waals surface area contributed by atoms with Crippen LogP contribution < -0.4 is 5.32 Å². The van der Waals surface area contributed by atoms with Gasteiger partial charge in [-0.25, -0.2) is 15.0 Å². The molecule has 0 aromatic carbocycles. The lowest BCUT2D eigenvalue weighted by molar-refractivity contribution is 0.785. The molecule has 0 saturated carbocycles. The summed E-state index contributed by atoms with van der Waals surface area (Å²) in [5.41, 5.74) is 1.16. The molecule has 0 amide bonds. The fourth-order valence-electron chi connectivity index (χ4n) is 1.71. The van der Waals surface area contributed by atoms with E-state index in [9.17, 15) is 0 Å². The van der Waals surface area contributed by atoms with Crippen LogP contribution in [0.4, 0.5) is 5.82 Å². The third kappa shape index (κ3) is 2.64. The molecule has 2 aromatic rings. The standard InChI is InChI=1S/C12H17N5S/c1-4-5-9-10(13-2)15-8-16-11(9)18-12-14-6-7-17(12)3/h6-8H,4-5H2,1-3H3,(H,13,15,16). The molecule has 0 unspecified atom stereocenters. The van der Waals surface area contributed by atoms with Gasteiger partial charge >= 0.3 is 0 Å². The molecule has 0 aliphatic rings. The summed E-state index contributed by atoms with van der Waals surface area (Å²) in [4.78, 5) is 13.0. The molecular weight excluding hydrogens is 246 g/mol. The van der Waals surface area contributed by atoms with Crippen molar-refractivity contribution in [2.75, 3.05) is 12.4 Å². The van der Waals surface area contributed by atoms with Crippen LogP contribution in [-0.2, 0) is 13.5 Å². The quantitative estimate of drug-likeness (QED) is 0.839. The number of aryl methyl sites for hydroxylation is 1. The van der Waals surface area contributed by atoms with E-state index in [2.05, 4.69) is 27.2 Å². The summed E-state index contributed by atoms with van der Waals surface area (Å²) in [5, 5.41) is 5.04. The van der Waals surface area contributed by atoms with Gasteiger partial charge in [-0.15, -0.1) is 0 Å². The van der Waals surface area contributed by atoms with Crippen molar-refractivity contribution < 1.29 is 0 Å². The topological polar surface area (TPSA) is 55.6 Å². The van der Waals surface area contributed by atoms with Gasteiger partial charge < -0.3 is 9.88 Å². The van der Waals surface area contributed by atoms with Crippen LogP contribution in [0, 0.1) is 0 Å². The van der Waals surface area contributed by atoms with Crippen molar-refractivity contribution in [2.45, 2.75) is 29.9 Å². The zero-order valence-corrected chi connectivity index (χ0v) is 11.7. The van der Waals surface area contributed by atoms with E-state index in [0.29, 0.717) is 0 Å². The van der Waals surface area contributed by atoms with Crippen LogP contribution in [0.25, 0.3) is 0 Å². The smallest absolute Gasteiger partial charge is 0.174 e. The summed E-state index contributed by atoms with van der Waals surface area (Å²) in [6.07, 6.45) is 7.35. The number of nitrogens with one attached hydrogen (secondary N) is 1. The Balaban J connectivity index is 2.34. The van der Waals surface area contributed by atoms with Gasteiger partial charge in [-0.05, 0) is 18.2 Å². The van der Waals surface area contributed by atoms with Crippen molar-refractivity contribution >= 4 is 17.6 Å². The highest BCUT2D eigenvalue weighted by atomic mass is 32.2. The van der Waals surface area contributed by atoms with Crippen molar-refractivity contribution in [3.8, 4) is 0 Å². The highest BCUT2D eigenvalue weighted by Crippen LogP contribution is 2.30. The number of anilines is 1. The molecule has 0 saturated heterocycles. The Morgan fingerprint density at radius 3 is 2.78 bits per heavy atom. The van der Waals surface area contributed by atoms with E-state index in [4.69, 9.17) is 0 Å². The van der Waals surface area contributed by atoms with E-state index in [1.165, 1.54) is 0 Å². The number of imidazole rings is 1. The van der Waals surface area contributed by atoms with E-state index in [1.54, 1.807) is 24.3 Å². The van der Waals surface area contributed by atoms with Crippen molar-refractivity contribution in [1.82, 2.24) is 19.5 Å². The van der Waals surface area contributed by atoms with Gasteiger partial charge in [-0.3, -0.25) is 0 Å². The van der Waals surface area contributed by atoms with Gasteiger partial charge in [0.05, 0.1) is 0 Å². The minimum absolute atomic E-state index is 0.906. The van der Waals surface area contributed by atoms with Crippen LogP contribution in [-0.4, -0.2) is 26.6 Å². The molecule has 2 aromatic heterocycles. The van der Waals surface area contributed by atoms with Crippen LogP contribution in [0.2, 0.25) is 0 Å². The van der Waals surface area contributed by atoms with Crippen LogP contribution in [0.5, 0.6) is 0 Å². The minimum atomic E-state index is 0.906. The molecule has 1 N–H and O–H groups in total. The van der Waals surface area contributed by atoms with Gasteiger partial charge in [0.25, 0.3) is 0 Å². The zero-order chi connectivity index (χ0) is 13.0. The summed E-state index contributed by atoms with van der Waals surface area (Å²) in [7, 11) is 3.87. The van der Waals surface area contributed by atoms with E-state index in [1.807, 2.05) is 24.9 Å². The molecule has 0 fully saturated rings. The second kappa shape index (κ2) is 5.86. The van der Waals surface area contributed by atoms with E-state index < -0.39 is 0 Å². The van der Waals surface area contributed by atoms with Gasteiger partial charge in [-0.2, -0.15) is 0 Å². The van der Waals surface area contributed by atoms with Gasteiger partial charge in [0.15, 0.2) is 5.16 Å². The Morgan fingerprint density at radius 2 is 2.17 bits per heavy atom. The molecular formula is C12H17N5S. The molecule has 18 heavy (non-hydrogen) atoms. The lowest BCUT2D eigenvalue weighted by Crippen LogP contribution is -2.03. The molecule has 0 aliphatic carbocycles.